The second-order valence-corrected chi connectivity index (χ2v) is 5.51. The van der Waals surface area contributed by atoms with Crippen molar-refractivity contribution in [3.63, 3.8) is 0 Å². The van der Waals surface area contributed by atoms with Crippen LogP contribution in [0.4, 0.5) is 4.39 Å². The monoisotopic (exact) mass is 241 g/mol. The number of rotatable bonds is 4. The zero-order valence-corrected chi connectivity index (χ0v) is 9.67. The van der Waals surface area contributed by atoms with E-state index in [1.165, 1.54) is 13.0 Å². The molecule has 1 aromatic rings. The van der Waals surface area contributed by atoms with Crippen LogP contribution in [-0.4, -0.2) is 20.3 Å². The second kappa shape index (κ2) is 5.08. The molecule has 1 aromatic carbocycles. The lowest BCUT2D eigenvalue weighted by molar-refractivity contribution is 0.391. The molecule has 0 aliphatic carbocycles. The summed E-state index contributed by atoms with van der Waals surface area (Å²) in [6.07, 6.45) is -1.41. The van der Waals surface area contributed by atoms with Crippen LogP contribution < -0.4 is 0 Å². The van der Waals surface area contributed by atoms with Crippen molar-refractivity contribution in [3.05, 3.63) is 29.8 Å². The van der Waals surface area contributed by atoms with Crippen molar-refractivity contribution in [2.24, 2.45) is 0 Å². The summed E-state index contributed by atoms with van der Waals surface area (Å²) in [4.78, 5) is 0.0565. The van der Waals surface area contributed by atoms with Crippen LogP contribution in [0.25, 0.3) is 0 Å². The van der Waals surface area contributed by atoms with E-state index in [1.807, 2.05) is 6.07 Å². The van der Waals surface area contributed by atoms with Crippen LogP contribution in [0.1, 0.15) is 12.5 Å². The fourth-order valence-corrected chi connectivity index (χ4v) is 3.04. The van der Waals surface area contributed by atoms with Gasteiger partial charge in [-0.1, -0.05) is 18.2 Å². The summed E-state index contributed by atoms with van der Waals surface area (Å²) >= 11 is 0. The fraction of sp³-hybridized carbons (Fsp3) is 0.364. The van der Waals surface area contributed by atoms with Gasteiger partial charge < -0.3 is 0 Å². The highest BCUT2D eigenvalue weighted by atomic mass is 32.2. The van der Waals surface area contributed by atoms with Crippen molar-refractivity contribution in [3.8, 4) is 6.07 Å². The molecule has 0 aliphatic rings. The van der Waals surface area contributed by atoms with Gasteiger partial charge in [0.25, 0.3) is 0 Å². The van der Waals surface area contributed by atoms with Gasteiger partial charge in [-0.25, -0.2) is 12.8 Å². The topological polar surface area (TPSA) is 57.9 Å². The number of alkyl halides is 1. The van der Waals surface area contributed by atoms with Gasteiger partial charge in [0, 0.05) is 0 Å². The number of halogens is 1. The highest BCUT2D eigenvalue weighted by Gasteiger charge is 2.20. The predicted molar refractivity (Wildman–Crippen MR) is 58.4 cm³/mol. The third kappa shape index (κ3) is 3.04. The molecule has 0 radical (unpaired) electrons. The smallest absolute Gasteiger partial charge is 0.181 e. The Morgan fingerprint density at radius 2 is 2.06 bits per heavy atom. The van der Waals surface area contributed by atoms with Gasteiger partial charge in [-0.2, -0.15) is 5.26 Å². The Labute approximate surface area is 94.4 Å². The van der Waals surface area contributed by atoms with Crippen LogP contribution in [0.2, 0.25) is 0 Å². The molecule has 0 fully saturated rings. The Morgan fingerprint density at radius 3 is 2.62 bits per heavy atom. The number of nitrogens with zero attached hydrogens (tertiary/aromatic N) is 1. The van der Waals surface area contributed by atoms with Gasteiger partial charge in [0.1, 0.15) is 6.17 Å². The van der Waals surface area contributed by atoms with E-state index in [0.717, 1.165) is 0 Å². The highest BCUT2D eigenvalue weighted by Crippen LogP contribution is 2.18. The van der Waals surface area contributed by atoms with Crippen LogP contribution in [0, 0.1) is 11.3 Å². The zero-order chi connectivity index (χ0) is 12.2. The summed E-state index contributed by atoms with van der Waals surface area (Å²) in [5.41, 5.74) is 0.422. The molecule has 16 heavy (non-hydrogen) atoms. The largest absolute Gasteiger partial charge is 0.247 e. The van der Waals surface area contributed by atoms with Gasteiger partial charge in [0.15, 0.2) is 9.84 Å². The molecule has 0 saturated carbocycles. The van der Waals surface area contributed by atoms with Crippen molar-refractivity contribution in [2.75, 3.05) is 5.75 Å². The number of sulfone groups is 1. The third-order valence-corrected chi connectivity index (χ3v) is 3.99. The van der Waals surface area contributed by atoms with E-state index >= 15 is 0 Å². The molecule has 0 amide bonds. The van der Waals surface area contributed by atoms with Crippen LogP contribution in [0.15, 0.2) is 29.2 Å². The quantitative estimate of drug-likeness (QED) is 0.808. The molecular formula is C11H12FNO2S. The lowest BCUT2D eigenvalue weighted by atomic mass is 10.2. The van der Waals surface area contributed by atoms with Gasteiger partial charge in [-0.15, -0.1) is 0 Å². The van der Waals surface area contributed by atoms with Gasteiger partial charge in [-0.05, 0) is 18.6 Å². The SMILES string of the molecule is CC(F)CS(=O)(=O)c1ccccc1CC#N. The van der Waals surface area contributed by atoms with Gasteiger partial charge in [0.05, 0.1) is 23.1 Å². The van der Waals surface area contributed by atoms with Crippen LogP contribution in [0.3, 0.4) is 0 Å². The van der Waals surface area contributed by atoms with E-state index in [9.17, 15) is 12.8 Å². The molecule has 1 unspecified atom stereocenters. The van der Waals surface area contributed by atoms with Gasteiger partial charge in [0.2, 0.25) is 0 Å². The normalized spacial score (nSPS) is 13.1. The maximum Gasteiger partial charge on any atom is 0.181 e. The van der Waals surface area contributed by atoms with Gasteiger partial charge >= 0.3 is 0 Å². The average Bonchev–Trinajstić information content (AvgIpc) is 2.17. The Morgan fingerprint density at radius 1 is 1.44 bits per heavy atom. The molecule has 0 aliphatic heterocycles. The molecule has 0 heterocycles. The molecule has 0 saturated heterocycles. The van der Waals surface area contributed by atoms with E-state index in [1.54, 1.807) is 18.2 Å². The molecule has 0 N–H and O–H groups in total. The van der Waals surface area contributed by atoms with E-state index < -0.39 is 21.8 Å². The van der Waals surface area contributed by atoms with Crippen LogP contribution >= 0.6 is 0 Å². The van der Waals surface area contributed by atoms with Crippen molar-refractivity contribution in [1.29, 1.82) is 5.26 Å². The first-order valence-electron chi connectivity index (χ1n) is 4.79. The molecule has 0 aromatic heterocycles. The summed E-state index contributed by atoms with van der Waals surface area (Å²) in [5.74, 6) is -0.546. The molecule has 5 heteroatoms. The standard InChI is InChI=1S/C11H12FNO2S/c1-9(12)8-16(14,15)11-5-3-2-4-10(11)6-7-13/h2-5,9H,6,8H2,1H3. The molecule has 1 atom stereocenters. The molecular weight excluding hydrogens is 229 g/mol. The zero-order valence-electron chi connectivity index (χ0n) is 8.85. The molecule has 3 nitrogen and oxygen atoms in total. The second-order valence-electron chi connectivity index (χ2n) is 3.50. The third-order valence-electron chi connectivity index (χ3n) is 2.03. The van der Waals surface area contributed by atoms with E-state index in [-0.39, 0.29) is 11.3 Å². The molecule has 1 rings (SSSR count). The molecule has 0 spiro atoms. The summed E-state index contributed by atoms with van der Waals surface area (Å²) < 4.78 is 36.3. The highest BCUT2D eigenvalue weighted by molar-refractivity contribution is 7.91. The number of hydrogen-bond donors (Lipinski definition) is 0. The maximum absolute atomic E-state index is 12.8. The summed E-state index contributed by atoms with van der Waals surface area (Å²) in [5, 5.41) is 8.57. The summed E-state index contributed by atoms with van der Waals surface area (Å²) in [6.45, 7) is 1.20. The lowest BCUT2D eigenvalue weighted by Crippen LogP contribution is -2.16. The van der Waals surface area contributed by atoms with Crippen molar-refractivity contribution in [1.82, 2.24) is 0 Å². The number of nitriles is 1. The molecule has 86 valence electrons. The van der Waals surface area contributed by atoms with E-state index in [4.69, 9.17) is 5.26 Å². The minimum absolute atomic E-state index is 0.00999. The lowest BCUT2D eigenvalue weighted by Gasteiger charge is -2.08. The first kappa shape index (κ1) is 12.7. The average molecular weight is 241 g/mol. The van der Waals surface area contributed by atoms with Crippen molar-refractivity contribution in [2.45, 2.75) is 24.4 Å². The fourth-order valence-electron chi connectivity index (χ4n) is 1.43. The Balaban J connectivity index is 3.18. The predicted octanol–water partition coefficient (Wildman–Crippen LogP) is 1.88. The Hall–Kier alpha value is -1.41. The Kier molecular flexibility index (Phi) is 4.02. The van der Waals surface area contributed by atoms with E-state index in [0.29, 0.717) is 5.56 Å². The van der Waals surface area contributed by atoms with Crippen molar-refractivity contribution >= 4 is 9.84 Å². The molecule has 0 bridgehead atoms. The number of benzene rings is 1. The first-order valence-corrected chi connectivity index (χ1v) is 6.44. The summed E-state index contributed by atoms with van der Waals surface area (Å²) in [6, 6.07) is 8.09. The van der Waals surface area contributed by atoms with Crippen LogP contribution in [0.5, 0.6) is 0 Å². The van der Waals surface area contributed by atoms with E-state index in [2.05, 4.69) is 0 Å². The number of hydrogen-bond acceptors (Lipinski definition) is 3. The summed E-state index contributed by atoms with van der Waals surface area (Å²) in [7, 11) is -3.64. The van der Waals surface area contributed by atoms with Gasteiger partial charge in [-0.3, -0.25) is 0 Å². The van der Waals surface area contributed by atoms with Crippen molar-refractivity contribution < 1.29 is 12.8 Å². The first-order chi connectivity index (χ1) is 7.47. The Bertz CT molecular complexity index is 503. The van der Waals surface area contributed by atoms with Crippen LogP contribution in [-0.2, 0) is 16.3 Å². The minimum Gasteiger partial charge on any atom is -0.247 e. The maximum atomic E-state index is 12.8. The minimum atomic E-state index is -3.64.